The number of Topliss-reactive ketones (excluding diaryl/α,β-unsaturated/α-hetero) is 1. The third-order valence-corrected chi connectivity index (χ3v) is 0.301. The Morgan fingerprint density at radius 1 is 1.50 bits per heavy atom. The van der Waals surface area contributed by atoms with Crippen LogP contribution >= 0.6 is 0 Å². The largest absolute Gasteiger partial charge is 0.476 e. The third kappa shape index (κ3) is 27.7. The molecule has 4 N–H and O–H groups in total. The molecule has 0 rings (SSSR count). The minimum Gasteiger partial charge on any atom is -0.476 e. The van der Waals surface area contributed by atoms with Gasteiger partial charge in [0, 0.05) is 6.92 Å². The molecule has 0 fully saturated rings. The summed E-state index contributed by atoms with van der Waals surface area (Å²) in [7, 11) is 0. The Balaban J connectivity index is 0. The van der Waals surface area contributed by atoms with E-state index in [4.69, 9.17) is 10.2 Å². The number of hydrogen-bond acceptors (Lipinski definition) is 4. The molecule has 1 unspecified atom stereocenters. The summed E-state index contributed by atoms with van der Waals surface area (Å²) in [6, 6.07) is 0. The van der Waals surface area contributed by atoms with E-state index in [1.165, 1.54) is 6.92 Å². The van der Waals surface area contributed by atoms with Crippen LogP contribution in [0.15, 0.2) is 0 Å². The molecular weight excluding hydrogens is 138 g/mol. The molecule has 0 aliphatic heterocycles. The molecule has 0 radical (unpaired) electrons. The fourth-order valence-electron chi connectivity index (χ4n) is 0. The number of ketones is 1. The lowest BCUT2D eigenvalue weighted by Crippen LogP contribution is -2.11. The number of carbonyl (C=O) groups is 2. The van der Waals surface area contributed by atoms with Crippen LogP contribution in [0, 0.1) is 0 Å². The zero-order valence-electron chi connectivity index (χ0n) is 5.87. The van der Waals surface area contributed by atoms with Crippen molar-refractivity contribution >= 4 is 11.8 Å². The fraction of sp³-hybridized carbons (Fsp3) is 0.600. The summed E-state index contributed by atoms with van der Waals surface area (Å²) in [5.41, 5.74) is 4.67. The minimum atomic E-state index is -1.38. The van der Waals surface area contributed by atoms with Crippen molar-refractivity contribution in [1.82, 2.24) is 0 Å². The van der Waals surface area contributed by atoms with Crippen molar-refractivity contribution in [3.63, 3.8) is 0 Å². The lowest BCUT2D eigenvalue weighted by atomic mass is 10.5. The first kappa shape index (κ1) is 11.8. The van der Waals surface area contributed by atoms with Crippen LogP contribution in [0.2, 0.25) is 0 Å². The Morgan fingerprint density at radius 3 is 1.60 bits per heavy atom. The third-order valence-electron chi connectivity index (χ3n) is 0.301. The summed E-state index contributed by atoms with van der Waals surface area (Å²) in [5, 5.41) is 15.5. The molecular formula is C5H11NO4. The molecule has 60 valence electrons. The van der Waals surface area contributed by atoms with Gasteiger partial charge in [0.25, 0.3) is 0 Å². The highest BCUT2D eigenvalue weighted by atomic mass is 16.4. The smallest absolute Gasteiger partial charge is 0.371 e. The van der Waals surface area contributed by atoms with Crippen LogP contribution in [0.25, 0.3) is 0 Å². The number of aliphatic carboxylic acids is 1. The number of hydrogen-bond donors (Lipinski definition) is 3. The van der Waals surface area contributed by atoms with Crippen molar-refractivity contribution in [3.8, 4) is 0 Å². The van der Waals surface area contributed by atoms with Gasteiger partial charge in [-0.2, -0.15) is 0 Å². The monoisotopic (exact) mass is 149 g/mol. The molecule has 0 aromatic heterocycles. The Labute approximate surface area is 58.5 Å². The van der Waals surface area contributed by atoms with Crippen molar-refractivity contribution in [1.29, 1.82) is 0 Å². The Bertz CT molecular complexity index is 106. The van der Waals surface area contributed by atoms with Gasteiger partial charge in [0.2, 0.25) is 5.78 Å². The first-order valence-corrected chi connectivity index (χ1v) is 2.55. The average Bonchev–Trinajstić information content (AvgIpc) is 1.63. The quantitative estimate of drug-likeness (QED) is 0.326. The van der Waals surface area contributed by atoms with Gasteiger partial charge >= 0.3 is 5.97 Å². The Morgan fingerprint density at radius 2 is 1.60 bits per heavy atom. The average molecular weight is 149 g/mol. The summed E-state index contributed by atoms with van der Waals surface area (Å²) in [6.07, 6.45) is -0.667. The molecule has 0 spiro atoms. The van der Waals surface area contributed by atoms with Crippen LogP contribution < -0.4 is 5.73 Å². The van der Waals surface area contributed by atoms with Crippen molar-refractivity contribution in [2.45, 2.75) is 20.1 Å². The number of nitrogens with two attached hydrogens (primary N) is 1. The highest BCUT2D eigenvalue weighted by Crippen LogP contribution is 1.61. The Kier molecular flexibility index (Phi) is 7.30. The molecule has 0 saturated carbocycles. The first-order chi connectivity index (χ1) is 4.37. The molecule has 5 nitrogen and oxygen atoms in total. The summed E-state index contributed by atoms with van der Waals surface area (Å²) in [4.78, 5) is 18.9. The van der Waals surface area contributed by atoms with E-state index < -0.39 is 18.0 Å². The number of carbonyl (C=O) groups excluding carboxylic acids is 1. The second kappa shape index (κ2) is 6.18. The maximum absolute atomic E-state index is 9.54. The van der Waals surface area contributed by atoms with E-state index in [-0.39, 0.29) is 0 Å². The maximum Gasteiger partial charge on any atom is 0.371 e. The first-order valence-electron chi connectivity index (χ1n) is 2.55. The van der Waals surface area contributed by atoms with Gasteiger partial charge in [-0.15, -0.1) is 0 Å². The SMILES string of the molecule is CC(=O)C(=O)O.CC(N)O. The van der Waals surface area contributed by atoms with Crippen molar-refractivity contribution < 1.29 is 19.8 Å². The molecule has 0 heterocycles. The van der Waals surface area contributed by atoms with Gasteiger partial charge in [0.05, 0.1) is 6.23 Å². The molecule has 10 heavy (non-hydrogen) atoms. The van der Waals surface area contributed by atoms with Gasteiger partial charge in [-0.05, 0) is 6.92 Å². The Hall–Kier alpha value is -0.940. The van der Waals surface area contributed by atoms with E-state index in [0.29, 0.717) is 0 Å². The molecule has 0 aromatic carbocycles. The molecule has 0 saturated heterocycles. The van der Waals surface area contributed by atoms with Crippen LogP contribution in [-0.2, 0) is 9.59 Å². The molecule has 0 aliphatic rings. The predicted molar refractivity (Wildman–Crippen MR) is 34.2 cm³/mol. The highest BCUT2D eigenvalue weighted by molar-refractivity contribution is 6.31. The van der Waals surface area contributed by atoms with Gasteiger partial charge in [-0.1, -0.05) is 0 Å². The van der Waals surface area contributed by atoms with Gasteiger partial charge in [-0.3, -0.25) is 4.79 Å². The molecule has 0 bridgehead atoms. The van der Waals surface area contributed by atoms with Crippen molar-refractivity contribution in [2.24, 2.45) is 5.73 Å². The van der Waals surface area contributed by atoms with E-state index in [0.717, 1.165) is 6.92 Å². The number of carboxylic acid groups (broad SMARTS) is 1. The number of aliphatic hydroxyl groups is 1. The fourth-order valence-corrected chi connectivity index (χ4v) is 0. The van der Waals surface area contributed by atoms with E-state index >= 15 is 0 Å². The summed E-state index contributed by atoms with van der Waals surface area (Å²) in [6.45, 7) is 2.50. The maximum atomic E-state index is 9.54. The topological polar surface area (TPSA) is 101 Å². The number of rotatable bonds is 1. The lowest BCUT2D eigenvalue weighted by molar-refractivity contribution is -0.148. The zero-order valence-corrected chi connectivity index (χ0v) is 5.87. The molecule has 0 amide bonds. The molecule has 1 atom stereocenters. The number of aliphatic hydroxyl groups excluding tert-OH is 1. The molecule has 5 heteroatoms. The van der Waals surface area contributed by atoms with Gasteiger partial charge in [0.1, 0.15) is 0 Å². The van der Waals surface area contributed by atoms with E-state index in [1.807, 2.05) is 0 Å². The highest BCUT2D eigenvalue weighted by Gasteiger charge is 1.98. The molecule has 0 aliphatic carbocycles. The van der Waals surface area contributed by atoms with E-state index in [2.05, 4.69) is 5.73 Å². The van der Waals surface area contributed by atoms with Crippen molar-refractivity contribution in [3.05, 3.63) is 0 Å². The summed E-state index contributed by atoms with van der Waals surface area (Å²) < 4.78 is 0. The molecule has 0 aromatic rings. The van der Waals surface area contributed by atoms with E-state index in [9.17, 15) is 9.59 Å². The van der Waals surface area contributed by atoms with Crippen LogP contribution in [0.3, 0.4) is 0 Å². The second-order valence-electron chi connectivity index (χ2n) is 1.60. The minimum absolute atomic E-state index is 0.667. The van der Waals surface area contributed by atoms with E-state index in [1.54, 1.807) is 0 Å². The summed E-state index contributed by atoms with van der Waals surface area (Å²) >= 11 is 0. The van der Waals surface area contributed by atoms with Crippen molar-refractivity contribution in [2.75, 3.05) is 0 Å². The van der Waals surface area contributed by atoms with Crippen LogP contribution in [0.1, 0.15) is 13.8 Å². The standard InChI is InChI=1S/C3H4O3.C2H7NO/c1-2(4)3(5)6;1-2(3)4/h1H3,(H,5,6);2,4H,3H2,1H3. The van der Waals surface area contributed by atoms with Crippen LogP contribution in [-0.4, -0.2) is 28.2 Å². The van der Waals surface area contributed by atoms with Gasteiger partial charge in [-0.25, -0.2) is 4.79 Å². The van der Waals surface area contributed by atoms with Gasteiger partial charge < -0.3 is 15.9 Å². The lowest BCUT2D eigenvalue weighted by Gasteiger charge is -1.82. The predicted octanol–water partition coefficient (Wildman–Crippen LogP) is -1.06. The second-order valence-corrected chi connectivity index (χ2v) is 1.60. The van der Waals surface area contributed by atoms with Gasteiger partial charge in [0.15, 0.2) is 0 Å². The zero-order chi connectivity index (χ0) is 8.73. The van der Waals surface area contributed by atoms with Crippen LogP contribution in [0.5, 0.6) is 0 Å². The van der Waals surface area contributed by atoms with Crippen LogP contribution in [0.4, 0.5) is 0 Å². The summed E-state index contributed by atoms with van der Waals surface area (Å²) in [5.74, 6) is -2.20. The normalized spacial score (nSPS) is 10.8. The number of carboxylic acids is 1.